The number of ether oxygens (including phenoxy) is 1. The summed E-state index contributed by atoms with van der Waals surface area (Å²) in [6, 6.07) is 10.3. The Morgan fingerprint density at radius 3 is 2.45 bits per heavy atom. The van der Waals surface area contributed by atoms with Gasteiger partial charge in [-0.2, -0.15) is 0 Å². The van der Waals surface area contributed by atoms with Gasteiger partial charge in [0, 0.05) is 16.6 Å². The molecule has 0 heterocycles. The lowest BCUT2D eigenvalue weighted by atomic mass is 10.1. The van der Waals surface area contributed by atoms with Gasteiger partial charge in [-0.1, -0.05) is 17.7 Å². The van der Waals surface area contributed by atoms with Crippen LogP contribution in [0.5, 0.6) is 5.75 Å². The fourth-order valence-corrected chi connectivity index (χ4v) is 4.69. The van der Waals surface area contributed by atoms with Gasteiger partial charge in [0.15, 0.2) is 0 Å². The maximum atomic E-state index is 12.7. The Morgan fingerprint density at radius 2 is 1.83 bits per heavy atom. The standard InChI is InChI=1S/C21H27BrN2O4S/c1-14-6-9-19(28-5)15(12-14)10-11-23-20(25)17-13-16(7-8-18(17)22)29(26,27)24-21(2,3)4/h6-9,12-13,24H,10-11H2,1-5H3,(H,23,25). The summed E-state index contributed by atoms with van der Waals surface area (Å²) in [5.41, 5.74) is 1.75. The zero-order chi connectivity index (χ0) is 21.8. The molecule has 8 heteroatoms. The van der Waals surface area contributed by atoms with Crippen molar-refractivity contribution in [3.8, 4) is 5.75 Å². The maximum Gasteiger partial charge on any atom is 0.252 e. The van der Waals surface area contributed by atoms with Crippen LogP contribution in [0.15, 0.2) is 45.8 Å². The zero-order valence-electron chi connectivity index (χ0n) is 17.3. The Bertz CT molecular complexity index is 998. The molecule has 2 aromatic carbocycles. The molecule has 0 aliphatic carbocycles. The molecule has 0 unspecified atom stereocenters. The van der Waals surface area contributed by atoms with Gasteiger partial charge in [0.2, 0.25) is 10.0 Å². The number of methoxy groups -OCH3 is 1. The van der Waals surface area contributed by atoms with Crippen LogP contribution in [0.2, 0.25) is 0 Å². The van der Waals surface area contributed by atoms with Gasteiger partial charge in [0.05, 0.1) is 17.6 Å². The number of hydrogen-bond acceptors (Lipinski definition) is 4. The highest BCUT2D eigenvalue weighted by molar-refractivity contribution is 9.10. The van der Waals surface area contributed by atoms with Gasteiger partial charge in [-0.3, -0.25) is 4.79 Å². The number of nitrogens with one attached hydrogen (secondary N) is 2. The molecule has 0 radical (unpaired) electrons. The van der Waals surface area contributed by atoms with E-state index >= 15 is 0 Å². The number of rotatable bonds is 7. The van der Waals surface area contributed by atoms with E-state index < -0.39 is 15.6 Å². The highest BCUT2D eigenvalue weighted by Gasteiger charge is 2.23. The molecule has 0 fully saturated rings. The summed E-state index contributed by atoms with van der Waals surface area (Å²) in [6.45, 7) is 7.67. The van der Waals surface area contributed by atoms with Crippen molar-refractivity contribution in [1.82, 2.24) is 10.0 Å². The second kappa shape index (κ2) is 9.28. The van der Waals surface area contributed by atoms with E-state index in [9.17, 15) is 13.2 Å². The Labute approximate surface area is 181 Å². The molecule has 6 nitrogen and oxygen atoms in total. The summed E-state index contributed by atoms with van der Waals surface area (Å²) >= 11 is 3.33. The summed E-state index contributed by atoms with van der Waals surface area (Å²) in [7, 11) is -2.12. The largest absolute Gasteiger partial charge is 0.496 e. The zero-order valence-corrected chi connectivity index (χ0v) is 19.7. The Kier molecular flexibility index (Phi) is 7.48. The van der Waals surface area contributed by atoms with Crippen LogP contribution in [0, 0.1) is 6.92 Å². The molecule has 0 saturated carbocycles. The van der Waals surface area contributed by atoms with E-state index in [1.807, 2.05) is 25.1 Å². The second-order valence-electron chi connectivity index (χ2n) is 7.82. The number of hydrogen-bond donors (Lipinski definition) is 2. The molecule has 158 valence electrons. The van der Waals surface area contributed by atoms with Gasteiger partial charge in [-0.25, -0.2) is 13.1 Å². The predicted molar refractivity (Wildman–Crippen MR) is 118 cm³/mol. The quantitative estimate of drug-likeness (QED) is 0.627. The number of amides is 1. The highest BCUT2D eigenvalue weighted by Crippen LogP contribution is 2.23. The van der Waals surface area contributed by atoms with Crippen molar-refractivity contribution in [2.24, 2.45) is 0 Å². The molecule has 0 aliphatic heterocycles. The molecule has 0 bridgehead atoms. The van der Waals surface area contributed by atoms with Crippen molar-refractivity contribution >= 4 is 31.9 Å². The van der Waals surface area contributed by atoms with E-state index in [1.54, 1.807) is 33.9 Å². The van der Waals surface area contributed by atoms with E-state index in [2.05, 4.69) is 26.0 Å². The lowest BCUT2D eigenvalue weighted by Gasteiger charge is -2.20. The highest BCUT2D eigenvalue weighted by atomic mass is 79.9. The molecule has 0 aliphatic rings. The fourth-order valence-electron chi connectivity index (χ4n) is 2.82. The van der Waals surface area contributed by atoms with Gasteiger partial charge in [-0.15, -0.1) is 0 Å². The Balaban J connectivity index is 2.14. The van der Waals surface area contributed by atoms with Crippen molar-refractivity contribution in [1.29, 1.82) is 0 Å². The lowest BCUT2D eigenvalue weighted by Crippen LogP contribution is -2.40. The normalized spacial score (nSPS) is 11.9. The topological polar surface area (TPSA) is 84.5 Å². The van der Waals surface area contributed by atoms with Gasteiger partial charge in [-0.05, 0) is 79.9 Å². The van der Waals surface area contributed by atoms with Crippen LogP contribution in [-0.4, -0.2) is 33.5 Å². The molecule has 0 saturated heterocycles. The van der Waals surface area contributed by atoms with Gasteiger partial charge in [0.1, 0.15) is 5.75 Å². The van der Waals surface area contributed by atoms with E-state index in [1.165, 1.54) is 12.1 Å². The van der Waals surface area contributed by atoms with E-state index in [0.717, 1.165) is 16.9 Å². The lowest BCUT2D eigenvalue weighted by molar-refractivity contribution is 0.0953. The predicted octanol–water partition coefficient (Wildman–Crippen LogP) is 3.82. The molecular weight excluding hydrogens is 456 g/mol. The third kappa shape index (κ3) is 6.55. The molecule has 0 aromatic heterocycles. The summed E-state index contributed by atoms with van der Waals surface area (Å²) in [5.74, 6) is 0.420. The number of halogens is 1. The minimum Gasteiger partial charge on any atom is -0.496 e. The molecule has 0 atom stereocenters. The average Bonchev–Trinajstić information content (AvgIpc) is 2.60. The summed E-state index contributed by atoms with van der Waals surface area (Å²) in [5, 5.41) is 2.85. The number of carbonyl (C=O) groups excluding carboxylic acids is 1. The smallest absolute Gasteiger partial charge is 0.252 e. The minimum atomic E-state index is -3.74. The SMILES string of the molecule is COc1ccc(C)cc1CCNC(=O)c1cc(S(=O)(=O)NC(C)(C)C)ccc1Br. The van der Waals surface area contributed by atoms with Gasteiger partial charge >= 0.3 is 0 Å². The van der Waals surface area contributed by atoms with E-state index in [-0.39, 0.29) is 16.4 Å². The van der Waals surface area contributed by atoms with Crippen molar-refractivity contribution < 1.29 is 17.9 Å². The monoisotopic (exact) mass is 482 g/mol. The maximum absolute atomic E-state index is 12.7. The minimum absolute atomic E-state index is 0.0427. The molecule has 1 amide bonds. The van der Waals surface area contributed by atoms with Crippen LogP contribution in [0.1, 0.15) is 42.3 Å². The van der Waals surface area contributed by atoms with Crippen molar-refractivity contribution in [2.45, 2.75) is 44.6 Å². The molecule has 29 heavy (non-hydrogen) atoms. The second-order valence-corrected chi connectivity index (χ2v) is 10.4. The third-order valence-corrected chi connectivity index (χ3v) is 6.50. The first-order valence-corrected chi connectivity index (χ1v) is 11.5. The van der Waals surface area contributed by atoms with Crippen molar-refractivity contribution in [3.05, 3.63) is 57.6 Å². The van der Waals surface area contributed by atoms with Crippen molar-refractivity contribution in [3.63, 3.8) is 0 Å². The van der Waals surface area contributed by atoms with Gasteiger partial charge in [0.25, 0.3) is 5.91 Å². The Hall–Kier alpha value is -1.90. The van der Waals surface area contributed by atoms with Gasteiger partial charge < -0.3 is 10.1 Å². The molecule has 2 N–H and O–H groups in total. The third-order valence-electron chi connectivity index (χ3n) is 4.05. The first kappa shape index (κ1) is 23.4. The summed E-state index contributed by atoms with van der Waals surface area (Å²) in [4.78, 5) is 12.7. The fraction of sp³-hybridized carbons (Fsp3) is 0.381. The number of aryl methyl sites for hydroxylation is 1. The number of sulfonamides is 1. The first-order chi connectivity index (χ1) is 13.4. The van der Waals surface area contributed by atoms with Crippen LogP contribution in [0.4, 0.5) is 0 Å². The first-order valence-electron chi connectivity index (χ1n) is 9.18. The molecule has 2 aromatic rings. The number of carbonyl (C=O) groups is 1. The molecule has 0 spiro atoms. The summed E-state index contributed by atoms with van der Waals surface area (Å²) in [6.07, 6.45) is 0.595. The van der Waals surface area contributed by atoms with E-state index in [4.69, 9.17) is 4.74 Å². The Morgan fingerprint density at radius 1 is 1.14 bits per heavy atom. The van der Waals surface area contributed by atoms with Crippen LogP contribution in [-0.2, 0) is 16.4 Å². The van der Waals surface area contributed by atoms with Crippen molar-refractivity contribution in [2.75, 3.05) is 13.7 Å². The number of benzene rings is 2. The van der Waals surface area contributed by atoms with Crippen LogP contribution in [0.25, 0.3) is 0 Å². The molecular formula is C21H27BrN2O4S. The van der Waals surface area contributed by atoms with Crippen LogP contribution < -0.4 is 14.8 Å². The van der Waals surface area contributed by atoms with Crippen LogP contribution >= 0.6 is 15.9 Å². The van der Waals surface area contributed by atoms with E-state index in [0.29, 0.717) is 17.4 Å². The average molecular weight is 483 g/mol. The summed E-state index contributed by atoms with van der Waals surface area (Å²) < 4.78 is 33.6. The molecule has 2 rings (SSSR count). The van der Waals surface area contributed by atoms with Crippen LogP contribution in [0.3, 0.4) is 0 Å².